The Hall–Kier alpha value is -2.83. The maximum Gasteiger partial charge on any atom is 0.377 e. The summed E-state index contributed by atoms with van der Waals surface area (Å²) in [7, 11) is 10.6. The third-order valence-corrected chi connectivity index (χ3v) is 26.1. The van der Waals surface area contributed by atoms with E-state index in [0.29, 0.717) is 17.0 Å². The molecule has 2 aliphatic rings. The summed E-state index contributed by atoms with van der Waals surface area (Å²) >= 11 is 0. The normalized spacial score (nSPS) is 21.9. The lowest BCUT2D eigenvalue weighted by Crippen LogP contribution is -2.33. The van der Waals surface area contributed by atoms with E-state index >= 15 is 0 Å². The van der Waals surface area contributed by atoms with Gasteiger partial charge in [-0.2, -0.15) is 0 Å². The van der Waals surface area contributed by atoms with Gasteiger partial charge in [-0.15, -0.1) is 0 Å². The number of rotatable bonds is 12. The molecule has 8 rings (SSSR count). The fourth-order valence-corrected chi connectivity index (χ4v) is 22.6. The Kier molecular flexibility index (Phi) is 14.6. The average molecular weight is 803 g/mol. The van der Waals surface area contributed by atoms with E-state index < -0.39 is 14.3 Å². The van der Waals surface area contributed by atoms with Crippen LogP contribution in [0.15, 0.2) is 182 Å². The van der Waals surface area contributed by atoms with Gasteiger partial charge in [0.15, 0.2) is 0 Å². The molecule has 0 aliphatic carbocycles. The Bertz CT molecular complexity index is 1960. The van der Waals surface area contributed by atoms with E-state index in [1.807, 2.05) is 0 Å². The second-order valence-electron chi connectivity index (χ2n) is 15.8. The zero-order valence-electron chi connectivity index (χ0n) is 33.2. The van der Waals surface area contributed by atoms with Gasteiger partial charge in [-0.3, -0.25) is 0 Å². The minimum atomic E-state index is -2.00. The van der Waals surface area contributed by atoms with Gasteiger partial charge in [-0.05, 0) is 124 Å². The zero-order chi connectivity index (χ0) is 38.8. The highest BCUT2D eigenvalue weighted by Crippen LogP contribution is 2.68. The van der Waals surface area contributed by atoms with Gasteiger partial charge in [0.25, 0.3) is 0 Å². The van der Waals surface area contributed by atoms with Crippen LogP contribution >= 0.6 is 30.1 Å². The molecule has 0 saturated carbocycles. The molecule has 2 saturated heterocycles. The monoisotopic (exact) mass is 802 g/mol. The second-order valence-corrected chi connectivity index (χ2v) is 28.1. The molecule has 0 amide bonds. The van der Waals surface area contributed by atoms with Crippen molar-refractivity contribution in [1.82, 2.24) is 0 Å². The van der Waals surface area contributed by atoms with Crippen molar-refractivity contribution in [3.63, 3.8) is 0 Å². The van der Waals surface area contributed by atoms with Crippen LogP contribution in [-0.2, 0) is 0 Å². The van der Waals surface area contributed by atoms with Gasteiger partial charge >= 0.3 is 15.1 Å². The van der Waals surface area contributed by atoms with Crippen molar-refractivity contribution < 1.29 is 0 Å². The van der Waals surface area contributed by atoms with Crippen molar-refractivity contribution in [3.05, 3.63) is 182 Å². The number of hydrogen-bond donors (Lipinski definition) is 0. The summed E-state index contributed by atoms with van der Waals surface area (Å²) in [6.07, 6.45) is 10.3. The maximum atomic E-state index is 7.37. The summed E-state index contributed by atoms with van der Waals surface area (Å²) in [5.74, 6) is 0. The van der Waals surface area contributed by atoms with E-state index in [9.17, 15) is 0 Å². The van der Waals surface area contributed by atoms with Crippen LogP contribution in [-0.4, -0.2) is 50.1 Å². The van der Waals surface area contributed by atoms with Gasteiger partial charge in [0.1, 0.15) is 0 Å². The molecule has 6 aromatic rings. The Morgan fingerprint density at radius 3 is 1.59 bits per heavy atom. The smallest absolute Gasteiger partial charge is 0.0721 e. The van der Waals surface area contributed by atoms with Crippen LogP contribution in [0.3, 0.4) is 0 Å². The minimum Gasteiger partial charge on any atom is -0.0721 e. The van der Waals surface area contributed by atoms with Gasteiger partial charge in [-0.25, -0.2) is 0 Å². The minimum absolute atomic E-state index is 0.0116. The van der Waals surface area contributed by atoms with Crippen LogP contribution in [0.25, 0.3) is 0 Å². The van der Waals surface area contributed by atoms with Crippen molar-refractivity contribution in [3.8, 4) is 0 Å². The molecule has 0 aromatic heterocycles. The lowest BCUT2D eigenvalue weighted by molar-refractivity contribution is 0.704. The number of hydrogen-bond acceptors (Lipinski definition) is 0. The Labute approximate surface area is 344 Å². The topological polar surface area (TPSA) is 0 Å². The van der Waals surface area contributed by atoms with E-state index in [4.69, 9.17) is 15.1 Å². The van der Waals surface area contributed by atoms with Crippen molar-refractivity contribution in [2.75, 3.05) is 12.3 Å². The largest absolute Gasteiger partial charge is 0.377 e. The summed E-state index contributed by atoms with van der Waals surface area (Å²) in [5, 5.41) is 8.62. The van der Waals surface area contributed by atoms with Crippen molar-refractivity contribution in [1.29, 1.82) is 0 Å². The Morgan fingerprint density at radius 2 is 1.07 bits per heavy atom. The van der Waals surface area contributed by atoms with Gasteiger partial charge < -0.3 is 0 Å². The first-order valence-electron chi connectivity index (χ1n) is 20.6. The van der Waals surface area contributed by atoms with Gasteiger partial charge in [0, 0.05) is 19.7 Å². The van der Waals surface area contributed by atoms with E-state index in [-0.39, 0.29) is 15.8 Å². The molecular formula is C50H56B2P4+2. The van der Waals surface area contributed by atoms with Gasteiger partial charge in [0.05, 0.1) is 27.2 Å². The second kappa shape index (κ2) is 19.7. The highest BCUT2D eigenvalue weighted by molar-refractivity contribution is 8.09. The van der Waals surface area contributed by atoms with E-state index in [0.717, 1.165) is 12.1 Å². The van der Waals surface area contributed by atoms with Crippen LogP contribution in [0.2, 0.25) is 0 Å². The first-order valence-corrected chi connectivity index (χ1v) is 27.6. The molecule has 0 bridgehead atoms. The standard InChI is InChI=1S/C25H28B2P2.C25H28P2/c1-21(20-25-18-11-19-28(25,26)22-12-5-2-6-13-22)29(27,23-14-7-3-8-15-23)24-16-9-4-10-17-24;1-21(20-25-18-11-19-26(25)22-12-5-2-6-13-22)27(23-14-7-3-8-15-23)24-16-9-4-10-17-24/h2-10,12-17,21,25H,11,18-20H2,1H3;2-10,12-17,21,25H,11,18-20H2,1H3/q+2;/t21?,25-,28?;21?,25-,26-/m11/s1. The Morgan fingerprint density at radius 1 is 0.607 bits per heavy atom. The highest BCUT2D eigenvalue weighted by atomic mass is 31.2. The zero-order valence-corrected chi connectivity index (χ0v) is 36.8. The van der Waals surface area contributed by atoms with Crippen molar-refractivity contribution >= 4 is 77.1 Å². The molecule has 0 nitrogen and oxygen atoms in total. The highest BCUT2D eigenvalue weighted by Gasteiger charge is 2.51. The summed E-state index contributed by atoms with van der Waals surface area (Å²) in [6.45, 7) is 4.87. The molecule has 0 spiro atoms. The predicted octanol–water partition coefficient (Wildman–Crippen LogP) is 11.0. The van der Waals surface area contributed by atoms with Gasteiger partial charge in [0.2, 0.25) is 0 Å². The van der Waals surface area contributed by atoms with Crippen LogP contribution in [0.5, 0.6) is 0 Å². The molecule has 2 heterocycles. The molecule has 2 fully saturated rings. The molecule has 6 atom stereocenters. The molecule has 4 radical (unpaired) electrons. The third-order valence-electron chi connectivity index (χ3n) is 12.2. The van der Waals surface area contributed by atoms with E-state index in [1.54, 1.807) is 5.30 Å². The van der Waals surface area contributed by atoms with E-state index in [2.05, 4.69) is 196 Å². The summed E-state index contributed by atoms with van der Waals surface area (Å²) in [4.78, 5) is 0. The average Bonchev–Trinajstić information content (AvgIpc) is 3.89. The first-order chi connectivity index (χ1) is 27.4. The molecule has 2 aliphatic heterocycles. The van der Waals surface area contributed by atoms with Crippen LogP contribution in [0.1, 0.15) is 52.4 Å². The SMILES string of the molecule is CC(C[C@H]1CCC[P@]1c1ccccc1)P(c1ccccc1)c1ccccc1.[B][P+](c1ccccc1)(c1ccccc1)C(C)C[C@H]1CCC[P+]1([B])c1ccccc1. The predicted molar refractivity (Wildman–Crippen MR) is 260 cm³/mol. The quantitative estimate of drug-likeness (QED) is 0.0854. The van der Waals surface area contributed by atoms with Gasteiger partial charge in [-0.1, -0.05) is 160 Å². The van der Waals surface area contributed by atoms with Crippen LogP contribution in [0.4, 0.5) is 0 Å². The lowest BCUT2D eigenvalue weighted by Gasteiger charge is -2.34. The molecule has 3 unspecified atom stereocenters. The summed E-state index contributed by atoms with van der Waals surface area (Å²) < 4.78 is 0. The fourth-order valence-electron chi connectivity index (χ4n) is 9.29. The summed E-state index contributed by atoms with van der Waals surface area (Å²) in [6, 6.07) is 66.1. The van der Waals surface area contributed by atoms with Crippen LogP contribution in [0, 0.1) is 0 Å². The van der Waals surface area contributed by atoms with Crippen molar-refractivity contribution in [2.45, 2.75) is 75.0 Å². The lowest BCUT2D eigenvalue weighted by atomic mass is 10.2. The molecule has 6 heteroatoms. The molecular weight excluding hydrogens is 746 g/mol. The first kappa shape index (κ1) is 41.3. The fraction of sp³-hybridized carbons (Fsp3) is 0.280. The Balaban J connectivity index is 0.000000172. The van der Waals surface area contributed by atoms with E-state index in [1.165, 1.54) is 71.0 Å². The molecule has 0 N–H and O–H groups in total. The maximum absolute atomic E-state index is 7.37. The third kappa shape index (κ3) is 9.54. The molecule has 280 valence electrons. The van der Waals surface area contributed by atoms with Crippen molar-refractivity contribution in [2.24, 2.45) is 0 Å². The molecule has 6 aromatic carbocycles. The molecule has 56 heavy (non-hydrogen) atoms. The summed E-state index contributed by atoms with van der Waals surface area (Å²) in [5.41, 5.74) is 2.55. The number of benzene rings is 6. The van der Waals surface area contributed by atoms with Crippen LogP contribution < -0.4 is 31.8 Å².